The summed E-state index contributed by atoms with van der Waals surface area (Å²) in [6.45, 7) is 7.75. The molecule has 34 heavy (non-hydrogen) atoms. The third-order valence-corrected chi connectivity index (χ3v) is 7.64. The topological polar surface area (TPSA) is 57.7 Å². The monoisotopic (exact) mass is 486 g/mol. The summed E-state index contributed by atoms with van der Waals surface area (Å²) in [6, 6.07) is 9.02. The molecule has 6 nitrogen and oxygen atoms in total. The highest BCUT2D eigenvalue weighted by Crippen LogP contribution is 2.24. The van der Waals surface area contributed by atoms with Crippen LogP contribution in [0.15, 0.2) is 30.5 Å². The van der Waals surface area contributed by atoms with Gasteiger partial charge in [-0.3, -0.25) is 9.78 Å². The van der Waals surface area contributed by atoms with Gasteiger partial charge in [-0.2, -0.15) is 0 Å². The van der Waals surface area contributed by atoms with Crippen molar-refractivity contribution in [3.05, 3.63) is 36.2 Å². The minimum absolute atomic E-state index is 0. The van der Waals surface area contributed by atoms with Gasteiger partial charge in [0, 0.05) is 42.7 Å². The molecule has 3 aliphatic rings. The van der Waals surface area contributed by atoms with Gasteiger partial charge >= 0.3 is 0 Å². The summed E-state index contributed by atoms with van der Waals surface area (Å²) in [6.07, 6.45) is 10.5. The van der Waals surface area contributed by atoms with Crippen molar-refractivity contribution in [3.8, 4) is 5.75 Å². The van der Waals surface area contributed by atoms with Crippen LogP contribution in [0.3, 0.4) is 0 Å². The molecule has 0 amide bonds. The number of piperidine rings is 2. The number of Topliss-reactive ketones (excluding diaryl/α,β-unsaturated/α-hetero) is 1. The summed E-state index contributed by atoms with van der Waals surface area (Å²) >= 11 is 0. The fourth-order valence-corrected chi connectivity index (χ4v) is 5.63. The second-order valence-corrected chi connectivity index (χ2v) is 10.0. The van der Waals surface area contributed by atoms with E-state index >= 15 is 0 Å². The van der Waals surface area contributed by atoms with Crippen molar-refractivity contribution < 1.29 is 9.53 Å². The zero-order valence-electron chi connectivity index (χ0n) is 20.2. The first kappa shape index (κ1) is 25.4. The number of likely N-dealkylation sites (tertiary alicyclic amines) is 2. The maximum atomic E-state index is 12.7. The van der Waals surface area contributed by atoms with Crippen LogP contribution in [0.25, 0.3) is 10.8 Å². The molecule has 0 bridgehead atoms. The van der Waals surface area contributed by atoms with E-state index in [1.807, 2.05) is 12.3 Å². The van der Waals surface area contributed by atoms with Crippen LogP contribution in [0, 0.1) is 0 Å². The van der Waals surface area contributed by atoms with Crippen LogP contribution in [0.2, 0.25) is 0 Å². The van der Waals surface area contributed by atoms with Crippen molar-refractivity contribution in [1.82, 2.24) is 20.1 Å². The van der Waals surface area contributed by atoms with Crippen LogP contribution >= 0.6 is 12.4 Å². The Morgan fingerprint density at radius 1 is 1.00 bits per heavy atom. The molecule has 7 heteroatoms. The minimum Gasteiger partial charge on any atom is -0.490 e. The second-order valence-electron chi connectivity index (χ2n) is 10.0. The predicted octanol–water partition coefficient (Wildman–Crippen LogP) is 3.85. The average molecular weight is 487 g/mol. The lowest BCUT2D eigenvalue weighted by molar-refractivity contribution is -0.118. The van der Waals surface area contributed by atoms with E-state index in [9.17, 15) is 4.79 Å². The van der Waals surface area contributed by atoms with Crippen LogP contribution in [0.5, 0.6) is 5.75 Å². The largest absolute Gasteiger partial charge is 0.490 e. The number of halogens is 1. The Kier molecular flexibility index (Phi) is 9.17. The number of aromatic nitrogens is 1. The molecule has 186 valence electrons. The summed E-state index contributed by atoms with van der Waals surface area (Å²) < 4.78 is 6.19. The molecule has 3 fully saturated rings. The smallest absolute Gasteiger partial charge is 0.140 e. The molecule has 0 spiro atoms. The number of ketones is 1. The van der Waals surface area contributed by atoms with Crippen LogP contribution in [-0.4, -0.2) is 78.5 Å². The summed E-state index contributed by atoms with van der Waals surface area (Å²) in [5.74, 6) is 1.20. The van der Waals surface area contributed by atoms with Crippen LogP contribution in [-0.2, 0) is 11.2 Å². The molecule has 0 unspecified atom stereocenters. The molecule has 2 aromatic rings. The SMILES string of the molecule is Cl.O=C(CCN1CCC(N2CCCC2)CC1)Cc1cc2cc(OC3CCNCC3)ccc2cn1. The molecule has 3 saturated heterocycles. The first-order valence-electron chi connectivity index (χ1n) is 13.0. The highest BCUT2D eigenvalue weighted by atomic mass is 35.5. The first-order valence-corrected chi connectivity index (χ1v) is 13.0. The summed E-state index contributed by atoms with van der Waals surface area (Å²) in [7, 11) is 0. The lowest BCUT2D eigenvalue weighted by atomic mass is 10.0. The number of fused-ring (bicyclic) bond motifs is 1. The quantitative estimate of drug-likeness (QED) is 0.611. The lowest BCUT2D eigenvalue weighted by Gasteiger charge is -2.36. The Morgan fingerprint density at radius 2 is 1.76 bits per heavy atom. The molecule has 4 heterocycles. The summed E-state index contributed by atoms with van der Waals surface area (Å²) in [4.78, 5) is 22.4. The van der Waals surface area contributed by atoms with Crippen LogP contribution in [0.4, 0.5) is 0 Å². The Morgan fingerprint density at radius 3 is 2.53 bits per heavy atom. The van der Waals surface area contributed by atoms with Crippen molar-refractivity contribution in [1.29, 1.82) is 0 Å². The number of hydrogen-bond acceptors (Lipinski definition) is 6. The van der Waals surface area contributed by atoms with E-state index in [1.165, 1.54) is 38.8 Å². The van der Waals surface area contributed by atoms with Gasteiger partial charge in [-0.05, 0) is 107 Å². The number of nitrogens with one attached hydrogen (secondary N) is 1. The number of ether oxygens (including phenoxy) is 1. The van der Waals surface area contributed by atoms with Crippen molar-refractivity contribution in [2.24, 2.45) is 0 Å². The normalized spacial score (nSPS) is 20.9. The Hall–Kier alpha value is -1.73. The van der Waals surface area contributed by atoms with Crippen LogP contribution < -0.4 is 10.1 Å². The third kappa shape index (κ3) is 6.69. The van der Waals surface area contributed by atoms with Gasteiger partial charge in [-0.1, -0.05) is 0 Å². The number of carbonyl (C=O) groups is 1. The minimum atomic E-state index is 0. The molecule has 0 atom stereocenters. The fourth-order valence-electron chi connectivity index (χ4n) is 5.63. The first-order chi connectivity index (χ1) is 16.2. The molecule has 0 aliphatic carbocycles. The number of nitrogens with zero attached hydrogens (tertiary/aromatic N) is 3. The fraction of sp³-hybridized carbons (Fsp3) is 0.630. The molecular formula is C27H39ClN4O2. The molecule has 0 saturated carbocycles. The van der Waals surface area contributed by atoms with Gasteiger partial charge in [-0.25, -0.2) is 0 Å². The zero-order valence-corrected chi connectivity index (χ0v) is 21.0. The zero-order chi connectivity index (χ0) is 22.5. The van der Waals surface area contributed by atoms with Crippen molar-refractivity contribution in [2.45, 2.75) is 63.5 Å². The molecule has 1 N–H and O–H groups in total. The molecular weight excluding hydrogens is 448 g/mol. The Labute approximate surface area is 209 Å². The van der Waals surface area contributed by atoms with Gasteiger partial charge in [-0.15, -0.1) is 12.4 Å². The van der Waals surface area contributed by atoms with E-state index in [1.54, 1.807) is 0 Å². The summed E-state index contributed by atoms with van der Waals surface area (Å²) in [5.41, 5.74) is 0.860. The lowest BCUT2D eigenvalue weighted by Crippen LogP contribution is -2.44. The van der Waals surface area contributed by atoms with Crippen molar-refractivity contribution >= 4 is 29.0 Å². The highest BCUT2D eigenvalue weighted by Gasteiger charge is 2.26. The van der Waals surface area contributed by atoms with E-state index in [0.29, 0.717) is 12.8 Å². The van der Waals surface area contributed by atoms with Gasteiger partial charge < -0.3 is 19.9 Å². The maximum Gasteiger partial charge on any atom is 0.140 e. The van der Waals surface area contributed by atoms with Crippen molar-refractivity contribution in [3.63, 3.8) is 0 Å². The molecule has 1 aromatic heterocycles. The third-order valence-electron chi connectivity index (χ3n) is 7.64. The maximum absolute atomic E-state index is 12.7. The molecule has 0 radical (unpaired) electrons. The van der Waals surface area contributed by atoms with Crippen molar-refractivity contribution in [2.75, 3.05) is 45.8 Å². The molecule has 3 aliphatic heterocycles. The van der Waals surface area contributed by atoms with E-state index in [0.717, 1.165) is 73.8 Å². The van der Waals surface area contributed by atoms with Crippen LogP contribution in [0.1, 0.15) is 50.6 Å². The number of carbonyl (C=O) groups excluding carboxylic acids is 1. The standard InChI is InChI=1S/C27H38N4O2.ClH/c32-25(9-16-30-14-7-24(8-15-30)31-12-1-2-13-31)19-23-17-22-18-27(4-3-21(22)20-29-23)33-26-5-10-28-11-6-26;/h3-4,17-18,20,24,26,28H,1-2,5-16,19H2;1H. The number of benzene rings is 1. The number of rotatable bonds is 8. The van der Waals surface area contributed by atoms with Gasteiger partial charge in [0.15, 0.2) is 0 Å². The van der Waals surface area contributed by atoms with E-state index < -0.39 is 0 Å². The summed E-state index contributed by atoms with van der Waals surface area (Å²) in [5, 5.41) is 5.56. The number of pyridine rings is 1. The van der Waals surface area contributed by atoms with Gasteiger partial charge in [0.1, 0.15) is 17.6 Å². The Balaban J connectivity index is 0.00000274. The van der Waals surface area contributed by atoms with E-state index in [4.69, 9.17) is 4.74 Å². The predicted molar refractivity (Wildman–Crippen MR) is 139 cm³/mol. The van der Waals surface area contributed by atoms with Gasteiger partial charge in [0.25, 0.3) is 0 Å². The van der Waals surface area contributed by atoms with E-state index in [2.05, 4.69) is 38.3 Å². The highest BCUT2D eigenvalue weighted by molar-refractivity contribution is 5.86. The van der Waals surface area contributed by atoms with E-state index in [-0.39, 0.29) is 24.3 Å². The molecule has 1 aromatic carbocycles. The second kappa shape index (κ2) is 12.3. The average Bonchev–Trinajstić information content (AvgIpc) is 3.39. The number of hydrogen-bond donors (Lipinski definition) is 1. The Bertz CT molecular complexity index is 935. The molecule has 5 rings (SSSR count). The van der Waals surface area contributed by atoms with Gasteiger partial charge in [0.2, 0.25) is 0 Å². The van der Waals surface area contributed by atoms with Gasteiger partial charge in [0.05, 0.1) is 0 Å².